The van der Waals surface area contributed by atoms with Crippen LogP contribution < -0.4 is 5.32 Å². The molecule has 20 heavy (non-hydrogen) atoms. The Morgan fingerprint density at radius 3 is 2.95 bits per heavy atom. The normalized spacial score (nSPS) is 21.7. The Bertz CT molecular complexity index is 581. The minimum atomic E-state index is -0.0347. The van der Waals surface area contributed by atoms with Crippen LogP contribution in [0.3, 0.4) is 0 Å². The molecule has 1 aromatic rings. The fraction of sp³-hybridized carbons (Fsp3) is 0.385. The van der Waals surface area contributed by atoms with E-state index in [1.807, 2.05) is 0 Å². The van der Waals surface area contributed by atoms with Crippen LogP contribution in [0, 0.1) is 0 Å². The van der Waals surface area contributed by atoms with Crippen molar-refractivity contribution >= 4 is 39.5 Å². The maximum absolute atomic E-state index is 12.5. The van der Waals surface area contributed by atoms with E-state index in [9.17, 15) is 9.59 Å². The zero-order chi connectivity index (χ0) is 14.3. The molecule has 0 saturated carbocycles. The standard InChI is InChI=1S/C13H13BrClN3O2/c14-11-5-8(15)1-2-10(11)12(19)17-3-4-18-9(7-17)6-16-13(18)20/h1-2,5,9H,3-4,6-7H2,(H,16,20). The van der Waals surface area contributed by atoms with Crippen LogP contribution in [0.25, 0.3) is 0 Å². The molecule has 2 heterocycles. The minimum absolute atomic E-state index is 0.0326. The van der Waals surface area contributed by atoms with Gasteiger partial charge in [-0.2, -0.15) is 0 Å². The van der Waals surface area contributed by atoms with E-state index < -0.39 is 0 Å². The Kier molecular flexibility index (Phi) is 3.60. The molecule has 0 bridgehead atoms. The van der Waals surface area contributed by atoms with Gasteiger partial charge >= 0.3 is 6.03 Å². The predicted octanol–water partition coefficient (Wildman–Crippen LogP) is 1.95. The third-order valence-corrected chi connectivity index (χ3v) is 4.57. The monoisotopic (exact) mass is 357 g/mol. The number of nitrogens with zero attached hydrogens (tertiary/aromatic N) is 2. The third-order valence-electron chi connectivity index (χ3n) is 3.68. The first-order valence-corrected chi connectivity index (χ1v) is 7.52. The van der Waals surface area contributed by atoms with Crippen molar-refractivity contribution in [3.05, 3.63) is 33.3 Å². The summed E-state index contributed by atoms with van der Waals surface area (Å²) in [5.41, 5.74) is 0.597. The van der Waals surface area contributed by atoms with E-state index in [0.29, 0.717) is 41.2 Å². The molecule has 2 fully saturated rings. The van der Waals surface area contributed by atoms with Crippen LogP contribution in [-0.4, -0.2) is 54.0 Å². The number of urea groups is 1. The van der Waals surface area contributed by atoms with Gasteiger partial charge in [-0.3, -0.25) is 4.79 Å². The van der Waals surface area contributed by atoms with Crippen molar-refractivity contribution in [2.24, 2.45) is 0 Å². The van der Waals surface area contributed by atoms with Crippen molar-refractivity contribution in [2.75, 3.05) is 26.2 Å². The molecule has 7 heteroatoms. The van der Waals surface area contributed by atoms with Crippen molar-refractivity contribution in [3.8, 4) is 0 Å². The molecule has 0 spiro atoms. The molecule has 106 valence electrons. The Hall–Kier alpha value is -1.27. The fourth-order valence-corrected chi connectivity index (χ4v) is 3.47. The Morgan fingerprint density at radius 2 is 2.20 bits per heavy atom. The first kappa shape index (κ1) is 13.7. The number of hydrogen-bond acceptors (Lipinski definition) is 2. The molecule has 3 rings (SSSR count). The molecule has 2 aliphatic rings. The van der Waals surface area contributed by atoms with Crippen LogP contribution in [-0.2, 0) is 0 Å². The molecular weight excluding hydrogens is 346 g/mol. The lowest BCUT2D eigenvalue weighted by Gasteiger charge is -2.36. The molecule has 0 aromatic heterocycles. The summed E-state index contributed by atoms with van der Waals surface area (Å²) in [4.78, 5) is 27.6. The van der Waals surface area contributed by atoms with Gasteiger partial charge in [0.1, 0.15) is 0 Å². The van der Waals surface area contributed by atoms with Crippen LogP contribution in [0.2, 0.25) is 5.02 Å². The first-order chi connectivity index (χ1) is 9.56. The summed E-state index contributed by atoms with van der Waals surface area (Å²) in [5.74, 6) is -0.0347. The summed E-state index contributed by atoms with van der Waals surface area (Å²) in [6, 6.07) is 5.18. The second kappa shape index (κ2) is 5.26. The molecule has 1 unspecified atom stereocenters. The molecule has 0 radical (unpaired) electrons. The van der Waals surface area contributed by atoms with Gasteiger partial charge in [-0.1, -0.05) is 11.6 Å². The Morgan fingerprint density at radius 1 is 1.40 bits per heavy atom. The SMILES string of the molecule is O=C(c1ccc(Cl)cc1Br)N1CCN2C(=O)NCC2C1. The van der Waals surface area contributed by atoms with Gasteiger partial charge in [-0.15, -0.1) is 0 Å². The summed E-state index contributed by atoms with van der Waals surface area (Å²) in [5, 5.41) is 3.39. The van der Waals surface area contributed by atoms with Crippen molar-refractivity contribution < 1.29 is 9.59 Å². The van der Waals surface area contributed by atoms with Gasteiger partial charge in [0.05, 0.1) is 11.6 Å². The fourth-order valence-electron chi connectivity index (χ4n) is 2.62. The highest BCUT2D eigenvalue weighted by Gasteiger charge is 2.37. The molecule has 1 atom stereocenters. The zero-order valence-corrected chi connectivity index (χ0v) is 12.9. The Labute approximate surface area is 130 Å². The van der Waals surface area contributed by atoms with E-state index in [4.69, 9.17) is 11.6 Å². The number of hydrogen-bond donors (Lipinski definition) is 1. The van der Waals surface area contributed by atoms with Crippen LogP contribution in [0.4, 0.5) is 4.79 Å². The number of nitrogens with one attached hydrogen (secondary N) is 1. The summed E-state index contributed by atoms with van der Waals surface area (Å²) in [6.07, 6.45) is 0. The lowest BCUT2D eigenvalue weighted by atomic mass is 10.1. The number of benzene rings is 1. The first-order valence-electron chi connectivity index (χ1n) is 6.35. The lowest BCUT2D eigenvalue weighted by Crippen LogP contribution is -2.53. The van der Waals surface area contributed by atoms with Gasteiger partial charge in [0.2, 0.25) is 0 Å². The van der Waals surface area contributed by atoms with Gasteiger partial charge < -0.3 is 15.1 Å². The van der Waals surface area contributed by atoms with Crippen LogP contribution in [0.15, 0.2) is 22.7 Å². The van der Waals surface area contributed by atoms with Gasteiger partial charge in [0.25, 0.3) is 5.91 Å². The number of halogens is 2. The Balaban J connectivity index is 1.77. The van der Waals surface area contributed by atoms with Crippen molar-refractivity contribution in [3.63, 3.8) is 0 Å². The summed E-state index contributed by atoms with van der Waals surface area (Å²) in [6.45, 7) is 2.29. The lowest BCUT2D eigenvalue weighted by molar-refractivity contribution is 0.0616. The highest BCUT2D eigenvalue weighted by atomic mass is 79.9. The summed E-state index contributed by atoms with van der Waals surface area (Å²) >= 11 is 9.26. The second-order valence-electron chi connectivity index (χ2n) is 4.91. The molecule has 2 saturated heterocycles. The molecule has 1 aromatic carbocycles. The third kappa shape index (κ3) is 2.38. The van der Waals surface area contributed by atoms with Crippen molar-refractivity contribution in [1.82, 2.24) is 15.1 Å². The zero-order valence-electron chi connectivity index (χ0n) is 10.6. The second-order valence-corrected chi connectivity index (χ2v) is 6.20. The van der Waals surface area contributed by atoms with Gasteiger partial charge in [0, 0.05) is 35.7 Å². The maximum atomic E-state index is 12.5. The predicted molar refractivity (Wildman–Crippen MR) is 78.9 cm³/mol. The van der Waals surface area contributed by atoms with E-state index in [2.05, 4.69) is 21.2 Å². The van der Waals surface area contributed by atoms with Crippen LogP contribution in [0.1, 0.15) is 10.4 Å². The van der Waals surface area contributed by atoms with E-state index in [0.717, 1.165) is 0 Å². The molecular formula is C13H13BrClN3O2. The number of rotatable bonds is 1. The van der Waals surface area contributed by atoms with E-state index in [1.54, 1.807) is 28.0 Å². The molecule has 3 amide bonds. The smallest absolute Gasteiger partial charge is 0.317 e. The number of piperazine rings is 1. The number of carbonyl (C=O) groups is 2. The summed E-state index contributed by atoms with van der Waals surface area (Å²) < 4.78 is 0.693. The van der Waals surface area contributed by atoms with Crippen molar-refractivity contribution in [1.29, 1.82) is 0 Å². The number of amides is 3. The highest BCUT2D eigenvalue weighted by Crippen LogP contribution is 2.24. The molecule has 0 aliphatic carbocycles. The largest absolute Gasteiger partial charge is 0.336 e. The topological polar surface area (TPSA) is 52.7 Å². The molecule has 1 N–H and O–H groups in total. The van der Waals surface area contributed by atoms with Crippen LogP contribution >= 0.6 is 27.5 Å². The average molecular weight is 359 g/mol. The van der Waals surface area contributed by atoms with Gasteiger partial charge in [-0.05, 0) is 34.1 Å². The van der Waals surface area contributed by atoms with Crippen LogP contribution in [0.5, 0.6) is 0 Å². The molecule has 5 nitrogen and oxygen atoms in total. The quantitative estimate of drug-likeness (QED) is 0.834. The minimum Gasteiger partial charge on any atom is -0.336 e. The molecule has 2 aliphatic heterocycles. The van der Waals surface area contributed by atoms with E-state index in [-0.39, 0.29) is 18.0 Å². The number of carbonyl (C=O) groups excluding carboxylic acids is 2. The number of fused-ring (bicyclic) bond motifs is 1. The van der Waals surface area contributed by atoms with Crippen molar-refractivity contribution in [2.45, 2.75) is 6.04 Å². The maximum Gasteiger partial charge on any atom is 0.317 e. The van der Waals surface area contributed by atoms with E-state index in [1.165, 1.54) is 0 Å². The van der Waals surface area contributed by atoms with E-state index >= 15 is 0 Å². The van der Waals surface area contributed by atoms with Gasteiger partial charge in [-0.25, -0.2) is 4.79 Å². The highest BCUT2D eigenvalue weighted by molar-refractivity contribution is 9.10. The average Bonchev–Trinajstić information content (AvgIpc) is 2.79. The van der Waals surface area contributed by atoms with Gasteiger partial charge in [0.15, 0.2) is 0 Å². The summed E-state index contributed by atoms with van der Waals surface area (Å²) in [7, 11) is 0.